The molecule has 1 amide bonds. The molecular weight excluding hydrogens is 298 g/mol. The average Bonchev–Trinajstić information content (AvgIpc) is 3.03. The number of carbonyl (C=O) groups excluding carboxylic acids is 1. The van der Waals surface area contributed by atoms with E-state index in [1.54, 1.807) is 22.8 Å². The van der Waals surface area contributed by atoms with Crippen molar-refractivity contribution in [3.63, 3.8) is 0 Å². The van der Waals surface area contributed by atoms with Crippen LogP contribution in [0.1, 0.15) is 41.8 Å². The first-order valence-electron chi connectivity index (χ1n) is 6.93. The van der Waals surface area contributed by atoms with E-state index in [0.717, 1.165) is 16.2 Å². The lowest BCUT2D eigenvalue weighted by Gasteiger charge is -2.13. The molecule has 0 aliphatic carbocycles. The molecule has 3 heterocycles. The van der Waals surface area contributed by atoms with E-state index in [1.807, 2.05) is 13.1 Å². The summed E-state index contributed by atoms with van der Waals surface area (Å²) >= 11 is 1.43. The summed E-state index contributed by atoms with van der Waals surface area (Å²) in [5.41, 5.74) is 1.94. The van der Waals surface area contributed by atoms with E-state index in [1.165, 1.54) is 11.3 Å². The molecule has 114 valence electrons. The van der Waals surface area contributed by atoms with Gasteiger partial charge < -0.3 is 0 Å². The molecule has 3 aromatic rings. The van der Waals surface area contributed by atoms with Gasteiger partial charge in [0.2, 0.25) is 0 Å². The van der Waals surface area contributed by atoms with Crippen molar-refractivity contribution in [2.24, 2.45) is 0 Å². The van der Waals surface area contributed by atoms with Crippen LogP contribution in [0.4, 0.5) is 5.13 Å². The maximum atomic E-state index is 12.2. The summed E-state index contributed by atoms with van der Waals surface area (Å²) in [6, 6.07) is 3.47. The Bertz CT molecular complexity index is 843. The minimum Gasteiger partial charge on any atom is -0.296 e. The SMILES string of the molecule is Cc1cnc(NC(=O)c2ccc3nc(C(C)(C)C)cn3n2)s1. The van der Waals surface area contributed by atoms with Crippen LogP contribution in [0.5, 0.6) is 0 Å². The van der Waals surface area contributed by atoms with Gasteiger partial charge in [-0.2, -0.15) is 5.10 Å². The van der Waals surface area contributed by atoms with Crippen LogP contribution in [0.25, 0.3) is 5.65 Å². The molecule has 22 heavy (non-hydrogen) atoms. The highest BCUT2D eigenvalue weighted by Gasteiger charge is 2.19. The molecule has 0 aromatic carbocycles. The minimum absolute atomic E-state index is 0.0610. The van der Waals surface area contributed by atoms with Crippen molar-refractivity contribution in [1.82, 2.24) is 19.6 Å². The fourth-order valence-electron chi connectivity index (χ4n) is 1.94. The highest BCUT2D eigenvalue weighted by Crippen LogP contribution is 2.21. The Morgan fingerprint density at radius 3 is 2.73 bits per heavy atom. The number of rotatable bonds is 2. The highest BCUT2D eigenvalue weighted by molar-refractivity contribution is 7.15. The van der Waals surface area contributed by atoms with Gasteiger partial charge in [0.1, 0.15) is 5.69 Å². The number of imidazole rings is 1. The Morgan fingerprint density at radius 2 is 2.09 bits per heavy atom. The molecule has 0 fully saturated rings. The molecular formula is C15H17N5OS. The van der Waals surface area contributed by atoms with Crippen molar-refractivity contribution < 1.29 is 4.79 Å². The largest absolute Gasteiger partial charge is 0.296 e. The van der Waals surface area contributed by atoms with Gasteiger partial charge in [-0.3, -0.25) is 10.1 Å². The van der Waals surface area contributed by atoms with E-state index < -0.39 is 0 Å². The lowest BCUT2D eigenvalue weighted by atomic mass is 9.93. The van der Waals surface area contributed by atoms with E-state index >= 15 is 0 Å². The molecule has 0 bridgehead atoms. The molecule has 3 rings (SSSR count). The van der Waals surface area contributed by atoms with Crippen molar-refractivity contribution in [2.45, 2.75) is 33.1 Å². The molecule has 0 saturated carbocycles. The first kappa shape index (κ1) is 14.6. The van der Waals surface area contributed by atoms with Crippen molar-refractivity contribution in [3.05, 3.63) is 40.8 Å². The fourth-order valence-corrected chi connectivity index (χ4v) is 2.60. The molecule has 0 atom stereocenters. The number of aryl methyl sites for hydroxylation is 1. The second kappa shape index (κ2) is 5.17. The molecule has 6 nitrogen and oxygen atoms in total. The van der Waals surface area contributed by atoms with Crippen LogP contribution in [0, 0.1) is 6.92 Å². The van der Waals surface area contributed by atoms with Crippen LogP contribution in [0.15, 0.2) is 24.5 Å². The molecule has 0 unspecified atom stereocenters. The standard InChI is InChI=1S/C15H17N5OS/c1-9-7-16-14(22-9)18-13(21)10-5-6-12-17-11(15(2,3)4)8-20(12)19-10/h5-8H,1-4H3,(H,16,18,21). The second-order valence-electron chi connectivity index (χ2n) is 6.13. The van der Waals surface area contributed by atoms with Crippen LogP contribution in [0.3, 0.4) is 0 Å². The third-order valence-electron chi connectivity index (χ3n) is 3.16. The monoisotopic (exact) mass is 315 g/mol. The normalized spacial score (nSPS) is 11.8. The minimum atomic E-state index is -0.276. The van der Waals surface area contributed by atoms with Crippen LogP contribution in [0.2, 0.25) is 0 Å². The number of hydrogen-bond donors (Lipinski definition) is 1. The van der Waals surface area contributed by atoms with Gasteiger partial charge in [0.25, 0.3) is 5.91 Å². The third kappa shape index (κ3) is 2.85. The number of carbonyl (C=O) groups is 1. The van der Waals surface area contributed by atoms with Crippen molar-refractivity contribution in [1.29, 1.82) is 0 Å². The highest BCUT2D eigenvalue weighted by atomic mass is 32.1. The number of aromatic nitrogens is 4. The topological polar surface area (TPSA) is 72.2 Å². The van der Waals surface area contributed by atoms with Crippen molar-refractivity contribution >= 4 is 28.0 Å². The Labute approximate surface area is 132 Å². The lowest BCUT2D eigenvalue weighted by Crippen LogP contribution is -2.14. The van der Waals surface area contributed by atoms with Gasteiger partial charge >= 0.3 is 0 Å². The van der Waals surface area contributed by atoms with E-state index in [4.69, 9.17) is 0 Å². The Hall–Kier alpha value is -2.28. The third-order valence-corrected chi connectivity index (χ3v) is 3.99. The molecule has 0 saturated heterocycles. The molecule has 0 aliphatic rings. The Morgan fingerprint density at radius 1 is 1.32 bits per heavy atom. The summed E-state index contributed by atoms with van der Waals surface area (Å²) in [5.74, 6) is -0.276. The summed E-state index contributed by atoms with van der Waals surface area (Å²) in [5, 5.41) is 7.66. The number of anilines is 1. The molecule has 7 heteroatoms. The smallest absolute Gasteiger partial charge is 0.277 e. The van der Waals surface area contributed by atoms with E-state index in [9.17, 15) is 4.79 Å². The van der Waals surface area contributed by atoms with Gasteiger partial charge in [0.15, 0.2) is 10.8 Å². The fraction of sp³-hybridized carbons (Fsp3) is 0.333. The van der Waals surface area contributed by atoms with Gasteiger partial charge in [-0.15, -0.1) is 11.3 Å². The Kier molecular flexibility index (Phi) is 3.44. The van der Waals surface area contributed by atoms with E-state index in [0.29, 0.717) is 10.8 Å². The quantitative estimate of drug-likeness (QED) is 0.789. The number of nitrogens with zero attached hydrogens (tertiary/aromatic N) is 4. The summed E-state index contributed by atoms with van der Waals surface area (Å²) in [6.07, 6.45) is 3.59. The van der Waals surface area contributed by atoms with Gasteiger partial charge in [-0.1, -0.05) is 20.8 Å². The predicted molar refractivity (Wildman–Crippen MR) is 86.5 cm³/mol. The summed E-state index contributed by atoms with van der Waals surface area (Å²) < 4.78 is 1.64. The predicted octanol–water partition coefficient (Wildman–Crippen LogP) is 3.04. The molecule has 1 N–H and O–H groups in total. The number of amides is 1. The number of nitrogens with one attached hydrogen (secondary N) is 1. The molecule has 0 radical (unpaired) electrons. The summed E-state index contributed by atoms with van der Waals surface area (Å²) in [4.78, 5) is 21.9. The van der Waals surface area contributed by atoms with Gasteiger partial charge in [0, 0.05) is 16.5 Å². The van der Waals surface area contributed by atoms with E-state index in [-0.39, 0.29) is 11.3 Å². The zero-order chi connectivity index (χ0) is 15.9. The maximum Gasteiger partial charge on any atom is 0.277 e. The molecule has 0 aliphatic heterocycles. The van der Waals surface area contributed by atoms with E-state index in [2.05, 4.69) is 41.2 Å². The lowest BCUT2D eigenvalue weighted by molar-refractivity contribution is 0.102. The number of hydrogen-bond acceptors (Lipinski definition) is 5. The van der Waals surface area contributed by atoms with Gasteiger partial charge in [0.05, 0.1) is 11.9 Å². The van der Waals surface area contributed by atoms with Crippen LogP contribution >= 0.6 is 11.3 Å². The summed E-state index contributed by atoms with van der Waals surface area (Å²) in [7, 11) is 0. The van der Waals surface area contributed by atoms with Crippen molar-refractivity contribution in [2.75, 3.05) is 5.32 Å². The zero-order valence-electron chi connectivity index (χ0n) is 12.9. The van der Waals surface area contributed by atoms with Crippen LogP contribution in [-0.2, 0) is 5.41 Å². The molecule has 0 spiro atoms. The average molecular weight is 315 g/mol. The molecule has 3 aromatic heterocycles. The first-order valence-corrected chi connectivity index (χ1v) is 7.75. The van der Waals surface area contributed by atoms with Gasteiger partial charge in [-0.25, -0.2) is 14.5 Å². The number of fused-ring (bicyclic) bond motifs is 1. The first-order chi connectivity index (χ1) is 10.3. The number of thiazole rings is 1. The maximum absolute atomic E-state index is 12.2. The summed E-state index contributed by atoms with van der Waals surface area (Å²) in [6.45, 7) is 8.21. The zero-order valence-corrected chi connectivity index (χ0v) is 13.7. The second-order valence-corrected chi connectivity index (χ2v) is 7.36. The van der Waals surface area contributed by atoms with Gasteiger partial charge in [-0.05, 0) is 19.1 Å². The van der Waals surface area contributed by atoms with Crippen LogP contribution < -0.4 is 5.32 Å². The Balaban J connectivity index is 1.89. The van der Waals surface area contributed by atoms with Crippen LogP contribution in [-0.4, -0.2) is 25.5 Å². The van der Waals surface area contributed by atoms with Crippen molar-refractivity contribution in [3.8, 4) is 0 Å².